The average molecular weight is 458 g/mol. The summed E-state index contributed by atoms with van der Waals surface area (Å²) >= 11 is 0. The molecule has 0 spiro atoms. The highest BCUT2D eigenvalue weighted by molar-refractivity contribution is 6.46. The lowest BCUT2D eigenvalue weighted by Crippen LogP contribution is -2.29. The van der Waals surface area contributed by atoms with Crippen molar-refractivity contribution in [2.45, 2.75) is 38.8 Å². The minimum Gasteiger partial charge on any atom is -0.507 e. The lowest BCUT2D eigenvalue weighted by Gasteiger charge is -2.25. The van der Waals surface area contributed by atoms with Crippen molar-refractivity contribution in [3.8, 4) is 5.75 Å². The number of benzene rings is 1. The molecule has 0 saturated carbocycles. The Morgan fingerprint density at radius 1 is 1.03 bits per heavy atom. The number of hydrogen-bond donors (Lipinski definition) is 1. The molecule has 174 valence electrons. The van der Waals surface area contributed by atoms with Crippen molar-refractivity contribution in [3.05, 3.63) is 95.1 Å². The topological polar surface area (TPSA) is 92.6 Å². The molecule has 1 aromatic carbocycles. The third-order valence-electron chi connectivity index (χ3n) is 5.89. The smallest absolute Gasteiger partial charge is 0.296 e. The Bertz CT molecular complexity index is 1250. The first-order valence-corrected chi connectivity index (χ1v) is 11.0. The van der Waals surface area contributed by atoms with Crippen LogP contribution in [0.1, 0.15) is 49.3 Å². The first kappa shape index (κ1) is 23.2. The molecule has 34 heavy (non-hydrogen) atoms. The average Bonchev–Trinajstić information content (AvgIpc) is 3.08. The van der Waals surface area contributed by atoms with Crippen molar-refractivity contribution in [2.24, 2.45) is 0 Å². The van der Waals surface area contributed by atoms with E-state index in [1.54, 1.807) is 54.9 Å². The Labute approximate surface area is 198 Å². The summed E-state index contributed by atoms with van der Waals surface area (Å²) in [4.78, 5) is 36.6. The van der Waals surface area contributed by atoms with Gasteiger partial charge < -0.3 is 14.7 Å². The Hall–Kier alpha value is -4.00. The van der Waals surface area contributed by atoms with Gasteiger partial charge in [-0.25, -0.2) is 0 Å². The molecule has 1 unspecified atom stereocenters. The maximum atomic E-state index is 13.3. The van der Waals surface area contributed by atoms with Gasteiger partial charge in [-0.3, -0.25) is 19.6 Å². The standard InChI is InChI=1S/C27H27N3O4/c1-27(2,3)17-11-12-21(34-4)19(15-17)24(31)22-23(20-10-6-8-14-29-20)30(26(33)25(22)32)16-18-9-5-7-13-28-18/h5-15,23,31H,16H2,1-4H3/b24-22+. The molecule has 0 bridgehead atoms. The van der Waals surface area contributed by atoms with E-state index in [0.29, 0.717) is 22.7 Å². The normalized spacial score (nSPS) is 17.8. The predicted molar refractivity (Wildman–Crippen MR) is 128 cm³/mol. The number of Topliss-reactive ketones (excluding diaryl/α,β-unsaturated/α-hetero) is 1. The number of methoxy groups -OCH3 is 1. The summed E-state index contributed by atoms with van der Waals surface area (Å²) in [5.74, 6) is -1.37. The minimum absolute atomic E-state index is 0.0241. The Morgan fingerprint density at radius 3 is 2.32 bits per heavy atom. The number of aliphatic hydroxyl groups is 1. The quantitative estimate of drug-likeness (QED) is 0.347. The summed E-state index contributed by atoms with van der Waals surface area (Å²) in [6.07, 6.45) is 3.22. The molecule has 1 N–H and O–H groups in total. The lowest BCUT2D eigenvalue weighted by atomic mass is 9.85. The van der Waals surface area contributed by atoms with E-state index in [0.717, 1.165) is 5.56 Å². The fraction of sp³-hybridized carbons (Fsp3) is 0.259. The van der Waals surface area contributed by atoms with E-state index in [-0.39, 0.29) is 23.3 Å². The largest absolute Gasteiger partial charge is 0.507 e. The fourth-order valence-electron chi connectivity index (χ4n) is 4.06. The molecule has 7 nitrogen and oxygen atoms in total. The van der Waals surface area contributed by atoms with Crippen LogP contribution in [-0.2, 0) is 21.5 Å². The molecule has 1 amide bonds. The van der Waals surface area contributed by atoms with Crippen LogP contribution in [0.3, 0.4) is 0 Å². The van der Waals surface area contributed by atoms with Crippen molar-refractivity contribution >= 4 is 17.4 Å². The van der Waals surface area contributed by atoms with Crippen molar-refractivity contribution < 1.29 is 19.4 Å². The molecule has 3 heterocycles. The first-order chi connectivity index (χ1) is 16.2. The summed E-state index contributed by atoms with van der Waals surface area (Å²) in [6.45, 7) is 6.26. The van der Waals surface area contributed by atoms with E-state index in [2.05, 4.69) is 30.7 Å². The minimum atomic E-state index is -0.869. The Kier molecular flexibility index (Phi) is 6.20. The summed E-state index contributed by atoms with van der Waals surface area (Å²) in [7, 11) is 1.50. The van der Waals surface area contributed by atoms with Crippen LogP contribution in [0.25, 0.3) is 5.76 Å². The van der Waals surface area contributed by atoms with Crippen LogP contribution in [0.2, 0.25) is 0 Å². The third kappa shape index (κ3) is 4.29. The number of amides is 1. The highest BCUT2D eigenvalue weighted by atomic mass is 16.5. The van der Waals surface area contributed by atoms with Crippen LogP contribution in [0, 0.1) is 0 Å². The van der Waals surface area contributed by atoms with Crippen LogP contribution in [-0.4, -0.2) is 38.8 Å². The number of pyridine rings is 2. The number of carbonyl (C=O) groups excluding carboxylic acids is 2. The van der Waals surface area contributed by atoms with Crippen molar-refractivity contribution in [3.63, 3.8) is 0 Å². The number of carbonyl (C=O) groups is 2. The zero-order valence-corrected chi connectivity index (χ0v) is 19.6. The summed E-state index contributed by atoms with van der Waals surface area (Å²) in [5.41, 5.74) is 2.18. The van der Waals surface area contributed by atoms with Gasteiger partial charge in [0, 0.05) is 12.4 Å². The molecular weight excluding hydrogens is 430 g/mol. The van der Waals surface area contributed by atoms with E-state index in [9.17, 15) is 14.7 Å². The van der Waals surface area contributed by atoms with Crippen molar-refractivity contribution in [1.82, 2.24) is 14.9 Å². The first-order valence-electron chi connectivity index (χ1n) is 11.0. The zero-order valence-electron chi connectivity index (χ0n) is 19.6. The molecule has 0 aliphatic carbocycles. The number of aliphatic hydroxyl groups excluding tert-OH is 1. The monoisotopic (exact) mass is 457 g/mol. The summed E-state index contributed by atoms with van der Waals surface area (Å²) in [6, 6.07) is 15.3. The molecule has 1 fully saturated rings. The number of rotatable bonds is 5. The lowest BCUT2D eigenvalue weighted by molar-refractivity contribution is -0.140. The van der Waals surface area contributed by atoms with Gasteiger partial charge in [0.25, 0.3) is 11.7 Å². The molecule has 7 heteroatoms. The SMILES string of the molecule is COc1ccc(C(C)(C)C)cc1/C(O)=C1\C(=O)C(=O)N(Cc2ccccn2)C1c1ccccn1. The molecule has 1 atom stereocenters. The fourth-order valence-corrected chi connectivity index (χ4v) is 4.06. The van der Waals surface area contributed by atoms with Gasteiger partial charge >= 0.3 is 0 Å². The second-order valence-corrected chi connectivity index (χ2v) is 9.17. The zero-order chi connectivity index (χ0) is 24.5. The molecule has 2 aromatic heterocycles. The molecule has 1 saturated heterocycles. The van der Waals surface area contributed by atoms with Gasteiger partial charge in [-0.1, -0.05) is 39.0 Å². The highest BCUT2D eigenvalue weighted by Gasteiger charge is 2.47. The second-order valence-electron chi connectivity index (χ2n) is 9.17. The predicted octanol–water partition coefficient (Wildman–Crippen LogP) is 4.40. The number of likely N-dealkylation sites (tertiary alicyclic amines) is 1. The van der Waals surface area contributed by atoms with E-state index in [4.69, 9.17) is 4.74 Å². The van der Waals surface area contributed by atoms with E-state index in [1.807, 2.05) is 12.1 Å². The van der Waals surface area contributed by atoms with E-state index in [1.165, 1.54) is 12.0 Å². The van der Waals surface area contributed by atoms with Gasteiger partial charge in [-0.15, -0.1) is 0 Å². The van der Waals surface area contributed by atoms with Crippen LogP contribution in [0.4, 0.5) is 0 Å². The molecule has 3 aromatic rings. The number of ether oxygens (including phenoxy) is 1. The number of aromatic nitrogens is 2. The van der Waals surface area contributed by atoms with Gasteiger partial charge in [0.15, 0.2) is 0 Å². The maximum Gasteiger partial charge on any atom is 0.296 e. The highest BCUT2D eigenvalue weighted by Crippen LogP contribution is 2.41. The third-order valence-corrected chi connectivity index (χ3v) is 5.89. The maximum absolute atomic E-state index is 13.3. The number of nitrogens with zero attached hydrogens (tertiary/aromatic N) is 3. The van der Waals surface area contributed by atoms with Crippen LogP contribution < -0.4 is 4.74 Å². The van der Waals surface area contributed by atoms with Gasteiger partial charge in [-0.05, 0) is 47.4 Å². The van der Waals surface area contributed by atoms with Crippen LogP contribution >= 0.6 is 0 Å². The van der Waals surface area contributed by atoms with Crippen molar-refractivity contribution in [1.29, 1.82) is 0 Å². The molecule has 1 aliphatic heterocycles. The Balaban J connectivity index is 1.91. The summed E-state index contributed by atoms with van der Waals surface area (Å²) in [5, 5.41) is 11.5. The second kappa shape index (κ2) is 9.09. The number of hydrogen-bond acceptors (Lipinski definition) is 6. The van der Waals surface area contributed by atoms with Crippen molar-refractivity contribution in [2.75, 3.05) is 7.11 Å². The van der Waals surface area contributed by atoms with Crippen LogP contribution in [0.5, 0.6) is 5.75 Å². The van der Waals surface area contributed by atoms with Gasteiger partial charge in [0.05, 0.1) is 36.2 Å². The van der Waals surface area contributed by atoms with Crippen LogP contribution in [0.15, 0.2) is 72.6 Å². The molecular formula is C27H27N3O4. The van der Waals surface area contributed by atoms with E-state index >= 15 is 0 Å². The number of ketones is 1. The molecule has 0 radical (unpaired) electrons. The summed E-state index contributed by atoms with van der Waals surface area (Å²) < 4.78 is 5.49. The Morgan fingerprint density at radius 2 is 1.74 bits per heavy atom. The molecule has 1 aliphatic rings. The van der Waals surface area contributed by atoms with Gasteiger partial charge in [0.2, 0.25) is 0 Å². The van der Waals surface area contributed by atoms with Gasteiger partial charge in [-0.2, -0.15) is 0 Å². The van der Waals surface area contributed by atoms with Gasteiger partial charge in [0.1, 0.15) is 17.6 Å². The molecule has 4 rings (SSSR count). The van der Waals surface area contributed by atoms with E-state index < -0.39 is 17.7 Å².